The summed E-state index contributed by atoms with van der Waals surface area (Å²) in [5.74, 6) is 0.685. The Morgan fingerprint density at radius 2 is 2.24 bits per heavy atom. The van der Waals surface area contributed by atoms with Crippen molar-refractivity contribution in [1.29, 1.82) is 0 Å². The lowest BCUT2D eigenvalue weighted by atomic mass is 10.1. The normalized spacial score (nSPS) is 14.5. The monoisotopic (exact) mass is 232 g/mol. The minimum atomic E-state index is -1.00. The highest BCUT2D eigenvalue weighted by Gasteiger charge is 2.18. The van der Waals surface area contributed by atoms with Crippen molar-refractivity contribution in [2.24, 2.45) is 5.73 Å². The summed E-state index contributed by atoms with van der Waals surface area (Å²) in [6.07, 6.45) is 1.74. The highest BCUT2D eigenvalue weighted by Crippen LogP contribution is 2.19. The summed E-state index contributed by atoms with van der Waals surface area (Å²) in [6.45, 7) is 1.98. The molecule has 1 aromatic carbocycles. The third-order valence-corrected chi connectivity index (χ3v) is 2.57. The summed E-state index contributed by atoms with van der Waals surface area (Å²) in [7, 11) is 0. The first-order valence-corrected chi connectivity index (χ1v) is 5.51. The summed E-state index contributed by atoms with van der Waals surface area (Å²) in [6, 6.07) is 9.53. The maximum absolute atomic E-state index is 9.73. The number of nitrogens with two attached hydrogens (primary N) is 1. The SMILES string of the molecule is CC(O)(CN)COc1ccc2cccnc2c1. The molecule has 1 heterocycles. The van der Waals surface area contributed by atoms with Crippen LogP contribution >= 0.6 is 0 Å². The van der Waals surface area contributed by atoms with E-state index in [1.54, 1.807) is 13.1 Å². The zero-order valence-electron chi connectivity index (χ0n) is 9.76. The lowest BCUT2D eigenvalue weighted by Gasteiger charge is -2.21. The Bertz CT molecular complexity index is 512. The van der Waals surface area contributed by atoms with E-state index in [-0.39, 0.29) is 13.2 Å². The summed E-state index contributed by atoms with van der Waals surface area (Å²) in [4.78, 5) is 4.24. The molecule has 0 fully saturated rings. The number of fused-ring (bicyclic) bond motifs is 1. The van der Waals surface area contributed by atoms with Crippen LogP contribution in [0.25, 0.3) is 10.9 Å². The van der Waals surface area contributed by atoms with Crippen LogP contribution < -0.4 is 10.5 Å². The molecule has 0 aliphatic rings. The molecule has 0 aliphatic heterocycles. The van der Waals surface area contributed by atoms with E-state index in [1.807, 2.05) is 30.3 Å². The van der Waals surface area contributed by atoms with E-state index in [1.165, 1.54) is 0 Å². The van der Waals surface area contributed by atoms with E-state index in [2.05, 4.69) is 4.98 Å². The number of nitrogens with zero attached hydrogens (tertiary/aromatic N) is 1. The molecule has 2 rings (SSSR count). The molecule has 1 aromatic heterocycles. The topological polar surface area (TPSA) is 68.4 Å². The third kappa shape index (κ3) is 2.93. The fraction of sp³-hybridized carbons (Fsp3) is 0.308. The molecule has 0 radical (unpaired) electrons. The highest BCUT2D eigenvalue weighted by atomic mass is 16.5. The zero-order chi connectivity index (χ0) is 12.3. The lowest BCUT2D eigenvalue weighted by Crippen LogP contribution is -2.40. The standard InChI is InChI=1S/C13H16N2O2/c1-13(16,8-14)9-17-11-5-4-10-3-2-6-15-12(10)7-11/h2-7,16H,8-9,14H2,1H3. The largest absolute Gasteiger partial charge is 0.490 e. The lowest BCUT2D eigenvalue weighted by molar-refractivity contribution is 0.0196. The number of hydrogen-bond donors (Lipinski definition) is 2. The van der Waals surface area contributed by atoms with Crippen molar-refractivity contribution in [3.8, 4) is 5.75 Å². The molecule has 17 heavy (non-hydrogen) atoms. The second kappa shape index (κ2) is 4.69. The maximum atomic E-state index is 9.73. The van der Waals surface area contributed by atoms with E-state index < -0.39 is 5.60 Å². The number of pyridine rings is 1. The first-order valence-electron chi connectivity index (χ1n) is 5.51. The average molecular weight is 232 g/mol. The minimum Gasteiger partial charge on any atom is -0.490 e. The fourth-order valence-corrected chi connectivity index (χ4v) is 1.43. The van der Waals surface area contributed by atoms with Crippen LogP contribution in [0.4, 0.5) is 0 Å². The van der Waals surface area contributed by atoms with E-state index in [4.69, 9.17) is 10.5 Å². The minimum absolute atomic E-state index is 0.166. The number of aliphatic hydroxyl groups is 1. The van der Waals surface area contributed by atoms with Gasteiger partial charge in [0.2, 0.25) is 0 Å². The number of rotatable bonds is 4. The molecule has 3 N–H and O–H groups in total. The number of benzene rings is 1. The smallest absolute Gasteiger partial charge is 0.121 e. The number of ether oxygens (including phenoxy) is 1. The maximum Gasteiger partial charge on any atom is 0.121 e. The zero-order valence-corrected chi connectivity index (χ0v) is 9.76. The van der Waals surface area contributed by atoms with Gasteiger partial charge in [-0.1, -0.05) is 6.07 Å². The Morgan fingerprint density at radius 3 is 3.00 bits per heavy atom. The molecule has 1 unspecified atom stereocenters. The van der Waals surface area contributed by atoms with Gasteiger partial charge in [-0.25, -0.2) is 0 Å². The summed E-state index contributed by atoms with van der Waals surface area (Å²) in [5, 5.41) is 10.8. The fourth-order valence-electron chi connectivity index (χ4n) is 1.43. The van der Waals surface area contributed by atoms with E-state index in [0.717, 1.165) is 10.9 Å². The molecular formula is C13H16N2O2. The summed E-state index contributed by atoms with van der Waals surface area (Å²) in [5.41, 5.74) is 5.29. The molecule has 1 atom stereocenters. The van der Waals surface area contributed by atoms with Gasteiger partial charge in [-0.3, -0.25) is 4.98 Å². The molecule has 0 saturated heterocycles. The van der Waals surface area contributed by atoms with Crippen molar-refractivity contribution in [3.63, 3.8) is 0 Å². The molecule has 0 saturated carbocycles. The number of hydrogen-bond acceptors (Lipinski definition) is 4. The quantitative estimate of drug-likeness (QED) is 0.834. The van der Waals surface area contributed by atoms with Crippen LogP contribution in [0.2, 0.25) is 0 Å². The second-order valence-electron chi connectivity index (χ2n) is 4.35. The van der Waals surface area contributed by atoms with Crippen LogP contribution in [0.1, 0.15) is 6.92 Å². The molecular weight excluding hydrogens is 216 g/mol. The van der Waals surface area contributed by atoms with Crippen molar-refractivity contribution < 1.29 is 9.84 Å². The molecule has 0 amide bonds. The predicted octanol–water partition coefficient (Wildman–Crippen LogP) is 1.32. The van der Waals surface area contributed by atoms with E-state index in [9.17, 15) is 5.11 Å². The molecule has 2 aromatic rings. The van der Waals surface area contributed by atoms with Crippen molar-refractivity contribution in [2.45, 2.75) is 12.5 Å². The van der Waals surface area contributed by atoms with Crippen LogP contribution in [-0.2, 0) is 0 Å². The Morgan fingerprint density at radius 1 is 1.41 bits per heavy atom. The molecule has 0 spiro atoms. The third-order valence-electron chi connectivity index (χ3n) is 2.57. The van der Waals surface area contributed by atoms with E-state index in [0.29, 0.717) is 5.75 Å². The Hall–Kier alpha value is -1.65. The van der Waals surface area contributed by atoms with Crippen molar-refractivity contribution in [1.82, 2.24) is 4.98 Å². The van der Waals surface area contributed by atoms with Crippen LogP contribution in [0.3, 0.4) is 0 Å². The van der Waals surface area contributed by atoms with Gasteiger partial charge in [0, 0.05) is 24.2 Å². The molecule has 90 valence electrons. The van der Waals surface area contributed by atoms with Gasteiger partial charge in [0.05, 0.1) is 5.52 Å². The van der Waals surface area contributed by atoms with E-state index >= 15 is 0 Å². The van der Waals surface area contributed by atoms with Crippen LogP contribution in [-0.4, -0.2) is 28.8 Å². The molecule has 4 heteroatoms. The van der Waals surface area contributed by atoms with Gasteiger partial charge >= 0.3 is 0 Å². The Kier molecular flexibility index (Phi) is 3.26. The molecule has 4 nitrogen and oxygen atoms in total. The van der Waals surface area contributed by atoms with Gasteiger partial charge < -0.3 is 15.6 Å². The predicted molar refractivity (Wildman–Crippen MR) is 66.9 cm³/mol. The summed E-state index contributed by atoms with van der Waals surface area (Å²) >= 11 is 0. The second-order valence-corrected chi connectivity index (χ2v) is 4.35. The van der Waals surface area contributed by atoms with Crippen molar-refractivity contribution in [2.75, 3.05) is 13.2 Å². The van der Waals surface area contributed by atoms with Crippen molar-refractivity contribution in [3.05, 3.63) is 36.5 Å². The van der Waals surface area contributed by atoms with Gasteiger partial charge in [0.1, 0.15) is 18.0 Å². The van der Waals surface area contributed by atoms with Gasteiger partial charge in [-0.05, 0) is 25.1 Å². The summed E-state index contributed by atoms with van der Waals surface area (Å²) < 4.78 is 5.50. The van der Waals surface area contributed by atoms with Crippen molar-refractivity contribution >= 4 is 10.9 Å². The van der Waals surface area contributed by atoms with Gasteiger partial charge in [-0.2, -0.15) is 0 Å². The van der Waals surface area contributed by atoms with Gasteiger partial charge in [0.15, 0.2) is 0 Å². The molecule has 0 bridgehead atoms. The molecule has 0 aliphatic carbocycles. The highest BCUT2D eigenvalue weighted by molar-refractivity contribution is 5.79. The van der Waals surface area contributed by atoms with Gasteiger partial charge in [0.25, 0.3) is 0 Å². The Balaban J connectivity index is 2.14. The van der Waals surface area contributed by atoms with Crippen LogP contribution in [0.15, 0.2) is 36.5 Å². The van der Waals surface area contributed by atoms with Crippen LogP contribution in [0, 0.1) is 0 Å². The first kappa shape index (κ1) is 11.8. The Labute approximate surface area is 100 Å². The van der Waals surface area contributed by atoms with Crippen LogP contribution in [0.5, 0.6) is 5.75 Å². The first-order chi connectivity index (χ1) is 8.11. The average Bonchev–Trinajstić information content (AvgIpc) is 2.36. The number of aromatic nitrogens is 1. The van der Waals surface area contributed by atoms with Gasteiger partial charge in [-0.15, -0.1) is 0 Å².